The van der Waals surface area contributed by atoms with Crippen molar-refractivity contribution in [2.24, 2.45) is 0 Å². The molecule has 4 nitrogen and oxygen atoms in total. The van der Waals surface area contributed by atoms with Crippen molar-refractivity contribution in [2.45, 2.75) is 25.4 Å². The molecule has 1 aliphatic carbocycles. The van der Waals surface area contributed by atoms with Gasteiger partial charge in [-0.2, -0.15) is 0 Å². The van der Waals surface area contributed by atoms with Gasteiger partial charge in [-0.3, -0.25) is 13.9 Å². The van der Waals surface area contributed by atoms with Crippen molar-refractivity contribution in [3.63, 3.8) is 0 Å². The molecule has 1 saturated carbocycles. The third kappa shape index (κ3) is 2.49. The lowest BCUT2D eigenvalue weighted by Gasteiger charge is -2.02. The van der Waals surface area contributed by atoms with Crippen molar-refractivity contribution in [3.8, 4) is 0 Å². The van der Waals surface area contributed by atoms with E-state index in [1.807, 2.05) is 0 Å². The van der Waals surface area contributed by atoms with Gasteiger partial charge in [-0.15, -0.1) is 0 Å². The molecule has 0 aliphatic heterocycles. The number of aromatic nitrogens is 2. The van der Waals surface area contributed by atoms with E-state index in [0.717, 1.165) is 12.8 Å². The number of ketones is 1. The second kappa shape index (κ2) is 4.70. The lowest BCUT2D eigenvalue weighted by atomic mass is 10.1. The molecule has 1 fully saturated rings. The predicted octanol–water partition coefficient (Wildman–Crippen LogP) is 2.52. The summed E-state index contributed by atoms with van der Waals surface area (Å²) in [5, 5.41) is 0.591. The van der Waals surface area contributed by atoms with Crippen molar-refractivity contribution >= 4 is 17.4 Å². The molecule has 0 atom stereocenters. The van der Waals surface area contributed by atoms with Crippen molar-refractivity contribution in [1.82, 2.24) is 9.13 Å². The monoisotopic (exact) mass is 276 g/mol. The highest BCUT2D eigenvalue weighted by atomic mass is 35.5. The van der Waals surface area contributed by atoms with Crippen LogP contribution in [0.5, 0.6) is 0 Å². The second-order valence-electron chi connectivity index (χ2n) is 4.78. The van der Waals surface area contributed by atoms with Gasteiger partial charge in [-0.05, 0) is 37.1 Å². The number of halogens is 1. The summed E-state index contributed by atoms with van der Waals surface area (Å²) in [5.74, 6) is -0.0905. The fourth-order valence-electron chi connectivity index (χ4n) is 2.06. The second-order valence-corrected chi connectivity index (χ2v) is 5.21. The van der Waals surface area contributed by atoms with E-state index in [1.54, 1.807) is 41.2 Å². The van der Waals surface area contributed by atoms with E-state index >= 15 is 0 Å². The Morgan fingerprint density at radius 2 is 1.89 bits per heavy atom. The minimum atomic E-state index is -0.107. The fraction of sp³-hybridized carbons (Fsp3) is 0.286. The molecule has 1 aromatic carbocycles. The van der Waals surface area contributed by atoms with E-state index in [9.17, 15) is 9.59 Å². The molecule has 5 heteroatoms. The smallest absolute Gasteiger partial charge is 0.296 e. The molecule has 1 aromatic heterocycles. The standard InChI is InChI=1S/C14H13ClN2O2/c15-11-3-1-10(2-4-11)13(18)9-16-7-8-17(14(16)19)12-5-6-12/h1-4,7-8,12H,5-6,9H2. The van der Waals surface area contributed by atoms with Gasteiger partial charge in [0, 0.05) is 29.0 Å². The van der Waals surface area contributed by atoms with Crippen LogP contribution in [-0.4, -0.2) is 14.9 Å². The van der Waals surface area contributed by atoms with Crippen molar-refractivity contribution in [3.05, 3.63) is 57.7 Å². The molecule has 3 rings (SSSR count). The Hall–Kier alpha value is -1.81. The number of imidazole rings is 1. The largest absolute Gasteiger partial charge is 0.328 e. The van der Waals surface area contributed by atoms with E-state index in [-0.39, 0.29) is 18.0 Å². The minimum absolute atomic E-state index is 0.0696. The molecule has 0 radical (unpaired) electrons. The molecule has 19 heavy (non-hydrogen) atoms. The molecule has 1 aliphatic rings. The normalized spacial score (nSPS) is 14.6. The lowest BCUT2D eigenvalue weighted by Crippen LogP contribution is -2.26. The fourth-order valence-corrected chi connectivity index (χ4v) is 2.19. The van der Waals surface area contributed by atoms with Crippen LogP contribution in [0.2, 0.25) is 5.02 Å². The number of rotatable bonds is 4. The summed E-state index contributed by atoms with van der Waals surface area (Å²) in [6.07, 6.45) is 5.54. The van der Waals surface area contributed by atoms with E-state index < -0.39 is 0 Å². The Bertz CT molecular complexity index is 665. The van der Waals surface area contributed by atoms with Crippen LogP contribution in [0, 0.1) is 0 Å². The Balaban J connectivity index is 1.79. The molecule has 0 spiro atoms. The van der Waals surface area contributed by atoms with Crippen LogP contribution in [-0.2, 0) is 6.54 Å². The summed E-state index contributed by atoms with van der Waals surface area (Å²) in [6, 6.07) is 7.03. The van der Waals surface area contributed by atoms with Gasteiger partial charge in [-0.1, -0.05) is 11.6 Å². The van der Waals surface area contributed by atoms with E-state index in [1.165, 1.54) is 4.57 Å². The molecule has 2 aromatic rings. The van der Waals surface area contributed by atoms with E-state index in [4.69, 9.17) is 11.6 Å². The average molecular weight is 277 g/mol. The Morgan fingerprint density at radius 3 is 2.53 bits per heavy atom. The first-order chi connectivity index (χ1) is 9.15. The summed E-state index contributed by atoms with van der Waals surface area (Å²) in [4.78, 5) is 24.1. The summed E-state index contributed by atoms with van der Waals surface area (Å²) < 4.78 is 3.16. The molecule has 0 unspecified atom stereocenters. The van der Waals surface area contributed by atoms with Gasteiger partial charge in [-0.25, -0.2) is 4.79 Å². The Morgan fingerprint density at radius 1 is 1.21 bits per heavy atom. The maximum Gasteiger partial charge on any atom is 0.328 e. The minimum Gasteiger partial charge on any atom is -0.296 e. The Kier molecular flexibility index (Phi) is 3.03. The first kappa shape index (κ1) is 12.2. The topological polar surface area (TPSA) is 44.0 Å². The van der Waals surface area contributed by atoms with Gasteiger partial charge in [0.2, 0.25) is 0 Å². The molecule has 1 heterocycles. The number of carbonyl (C=O) groups excluding carboxylic acids is 1. The maximum absolute atomic E-state index is 12.1. The zero-order valence-electron chi connectivity index (χ0n) is 10.3. The van der Waals surface area contributed by atoms with Crippen molar-refractivity contribution < 1.29 is 4.79 Å². The lowest BCUT2D eigenvalue weighted by molar-refractivity contribution is 0.0970. The highest BCUT2D eigenvalue weighted by Gasteiger charge is 2.25. The van der Waals surface area contributed by atoms with Gasteiger partial charge in [0.05, 0.1) is 6.54 Å². The SMILES string of the molecule is O=C(Cn1ccn(C2CC2)c1=O)c1ccc(Cl)cc1. The predicted molar refractivity (Wildman–Crippen MR) is 72.7 cm³/mol. The number of hydrogen-bond donors (Lipinski definition) is 0. The zero-order chi connectivity index (χ0) is 13.4. The van der Waals surface area contributed by atoms with Crippen molar-refractivity contribution in [2.75, 3.05) is 0 Å². The van der Waals surface area contributed by atoms with Crippen LogP contribution in [0.1, 0.15) is 29.2 Å². The zero-order valence-corrected chi connectivity index (χ0v) is 11.0. The van der Waals surface area contributed by atoms with Crippen LogP contribution in [0.4, 0.5) is 0 Å². The third-order valence-electron chi connectivity index (χ3n) is 3.29. The van der Waals surface area contributed by atoms with Crippen LogP contribution in [0.15, 0.2) is 41.5 Å². The Labute approximate surface area is 115 Å². The number of carbonyl (C=O) groups is 1. The van der Waals surface area contributed by atoms with Gasteiger partial charge >= 0.3 is 5.69 Å². The average Bonchev–Trinajstić information content (AvgIpc) is 3.17. The molecule has 0 N–H and O–H groups in total. The first-order valence-electron chi connectivity index (χ1n) is 6.21. The van der Waals surface area contributed by atoms with Gasteiger partial charge < -0.3 is 0 Å². The van der Waals surface area contributed by atoms with Crippen LogP contribution in [0.3, 0.4) is 0 Å². The van der Waals surface area contributed by atoms with Crippen LogP contribution in [0.25, 0.3) is 0 Å². The molecular weight excluding hydrogens is 264 g/mol. The highest BCUT2D eigenvalue weighted by Crippen LogP contribution is 2.33. The molecule has 0 amide bonds. The maximum atomic E-state index is 12.1. The number of Topliss-reactive ketones (excluding diaryl/α,β-unsaturated/α-hetero) is 1. The number of nitrogens with zero attached hydrogens (tertiary/aromatic N) is 2. The quantitative estimate of drug-likeness (QED) is 0.806. The summed E-state index contributed by atoms with van der Waals surface area (Å²) in [7, 11) is 0. The van der Waals surface area contributed by atoms with E-state index in [0.29, 0.717) is 16.6 Å². The van der Waals surface area contributed by atoms with Gasteiger partial charge in [0.25, 0.3) is 0 Å². The molecule has 98 valence electrons. The number of hydrogen-bond acceptors (Lipinski definition) is 2. The molecule has 0 saturated heterocycles. The summed E-state index contributed by atoms with van der Waals surface area (Å²) in [5.41, 5.74) is 0.459. The van der Waals surface area contributed by atoms with Gasteiger partial charge in [0.15, 0.2) is 5.78 Å². The molecular formula is C14H13ClN2O2. The third-order valence-corrected chi connectivity index (χ3v) is 3.55. The summed E-state index contributed by atoms with van der Waals surface area (Å²) in [6.45, 7) is 0.0696. The van der Waals surface area contributed by atoms with E-state index in [2.05, 4.69) is 0 Å². The van der Waals surface area contributed by atoms with Crippen LogP contribution >= 0.6 is 11.6 Å². The highest BCUT2D eigenvalue weighted by molar-refractivity contribution is 6.30. The van der Waals surface area contributed by atoms with Crippen molar-refractivity contribution in [1.29, 1.82) is 0 Å². The summed E-state index contributed by atoms with van der Waals surface area (Å²) >= 11 is 5.78. The number of benzene rings is 1. The molecule has 0 bridgehead atoms. The van der Waals surface area contributed by atoms with Gasteiger partial charge in [0.1, 0.15) is 0 Å². The van der Waals surface area contributed by atoms with Crippen LogP contribution < -0.4 is 5.69 Å². The first-order valence-corrected chi connectivity index (χ1v) is 6.59.